The van der Waals surface area contributed by atoms with Gasteiger partial charge in [-0.05, 0) is 83.9 Å². The summed E-state index contributed by atoms with van der Waals surface area (Å²) in [4.78, 5) is 41.9. The van der Waals surface area contributed by atoms with Crippen LogP contribution in [0.4, 0.5) is 10.5 Å². The van der Waals surface area contributed by atoms with Crippen LogP contribution in [0.2, 0.25) is 0 Å². The molecule has 204 valence electrons. The van der Waals surface area contributed by atoms with Crippen molar-refractivity contribution in [2.24, 2.45) is 0 Å². The number of nitrogens with zero attached hydrogens (tertiary/aromatic N) is 1. The van der Waals surface area contributed by atoms with Gasteiger partial charge in [0.25, 0.3) is 5.91 Å². The predicted molar refractivity (Wildman–Crippen MR) is 149 cm³/mol. The molecule has 2 unspecified atom stereocenters. The highest BCUT2D eigenvalue weighted by Crippen LogP contribution is 2.34. The van der Waals surface area contributed by atoms with Crippen LogP contribution in [0.15, 0.2) is 48.5 Å². The first-order valence-corrected chi connectivity index (χ1v) is 12.6. The summed E-state index contributed by atoms with van der Waals surface area (Å²) < 4.78 is 10.5. The predicted octanol–water partition coefficient (Wildman–Crippen LogP) is 5.29. The highest BCUT2D eigenvalue weighted by atomic mass is 16.6. The van der Waals surface area contributed by atoms with Gasteiger partial charge in [-0.25, -0.2) is 4.79 Å². The zero-order valence-corrected chi connectivity index (χ0v) is 23.5. The molecule has 8 nitrogen and oxygen atoms in total. The summed E-state index contributed by atoms with van der Waals surface area (Å²) in [6.45, 7) is 12.5. The first kappa shape index (κ1) is 30.2. The normalized spacial score (nSPS) is 12.9. The van der Waals surface area contributed by atoms with Crippen molar-refractivity contribution in [2.45, 2.75) is 78.1 Å². The van der Waals surface area contributed by atoms with Crippen molar-refractivity contribution in [3.8, 4) is 18.1 Å². The molecule has 2 aromatic carbocycles. The molecule has 0 bridgehead atoms. The lowest BCUT2D eigenvalue weighted by Crippen LogP contribution is -2.58. The minimum absolute atomic E-state index is 0.447. The molecule has 8 heteroatoms. The third-order valence-electron chi connectivity index (χ3n) is 6.13. The number of carbonyl (C=O) groups excluding carboxylic acids is 3. The minimum Gasteiger partial charge on any atom is -0.497 e. The Bertz CT molecular complexity index is 1180. The Morgan fingerprint density at radius 3 is 2.16 bits per heavy atom. The summed E-state index contributed by atoms with van der Waals surface area (Å²) in [5, 5.41) is 5.53. The molecule has 0 aliphatic rings. The van der Waals surface area contributed by atoms with Crippen molar-refractivity contribution < 1.29 is 23.9 Å². The van der Waals surface area contributed by atoms with Crippen molar-refractivity contribution in [1.82, 2.24) is 10.2 Å². The van der Waals surface area contributed by atoms with Crippen LogP contribution >= 0.6 is 0 Å². The Kier molecular flexibility index (Phi) is 9.95. The molecule has 38 heavy (non-hydrogen) atoms. The summed E-state index contributed by atoms with van der Waals surface area (Å²) in [5.41, 5.74) is -0.00686. The Labute approximate surface area is 226 Å². The zero-order chi connectivity index (χ0) is 28.7. The van der Waals surface area contributed by atoms with E-state index in [9.17, 15) is 14.4 Å². The van der Waals surface area contributed by atoms with Gasteiger partial charge < -0.3 is 25.0 Å². The maximum absolute atomic E-state index is 14.0. The largest absolute Gasteiger partial charge is 0.497 e. The number of rotatable bonds is 9. The highest BCUT2D eigenvalue weighted by molar-refractivity contribution is 5.99. The van der Waals surface area contributed by atoms with Crippen molar-refractivity contribution in [1.29, 1.82) is 0 Å². The molecule has 0 aromatic heterocycles. The molecule has 0 fully saturated rings. The van der Waals surface area contributed by atoms with E-state index in [1.165, 1.54) is 4.90 Å². The molecule has 0 saturated heterocycles. The van der Waals surface area contributed by atoms with Gasteiger partial charge in [0.05, 0.1) is 7.11 Å². The van der Waals surface area contributed by atoms with Crippen LogP contribution in [0.25, 0.3) is 0 Å². The number of carbonyl (C=O) groups is 3. The van der Waals surface area contributed by atoms with Gasteiger partial charge in [-0.1, -0.05) is 31.0 Å². The number of benzene rings is 2. The van der Waals surface area contributed by atoms with Gasteiger partial charge in [0.15, 0.2) is 0 Å². The average molecular weight is 522 g/mol. The standard InChI is InChI=1S/C30H39N3O5/c1-10-21-14-12-13-15-24(21)25(26(34)32-22-16-18-23(37-9)19-17-22)33(30(7,8)11-2)27(35)20(3)31-28(36)38-29(4,5)6/h1,12-20,25H,11H2,2-9H3,(H,31,36)(H,32,34). The Balaban J connectivity index is 2.58. The van der Waals surface area contributed by atoms with Crippen LogP contribution in [-0.4, -0.2) is 47.1 Å². The maximum Gasteiger partial charge on any atom is 0.408 e. The first-order valence-electron chi connectivity index (χ1n) is 12.6. The van der Waals surface area contributed by atoms with Gasteiger partial charge in [-0.2, -0.15) is 0 Å². The first-order chi connectivity index (χ1) is 17.7. The molecule has 0 heterocycles. The number of nitrogens with one attached hydrogen (secondary N) is 2. The number of methoxy groups -OCH3 is 1. The molecule has 0 spiro atoms. The third-order valence-corrected chi connectivity index (χ3v) is 6.13. The van der Waals surface area contributed by atoms with Crippen molar-refractivity contribution in [3.05, 3.63) is 59.7 Å². The van der Waals surface area contributed by atoms with Crippen LogP contribution in [0, 0.1) is 12.3 Å². The number of hydrogen-bond donors (Lipinski definition) is 2. The topological polar surface area (TPSA) is 97.0 Å². The quantitative estimate of drug-likeness (QED) is 0.437. The van der Waals surface area contributed by atoms with Crippen molar-refractivity contribution in [3.63, 3.8) is 0 Å². The van der Waals surface area contributed by atoms with Gasteiger partial charge in [-0.15, -0.1) is 6.42 Å². The van der Waals surface area contributed by atoms with Crippen LogP contribution in [-0.2, 0) is 14.3 Å². The number of amides is 3. The van der Waals surface area contributed by atoms with Gasteiger partial charge >= 0.3 is 6.09 Å². The lowest BCUT2D eigenvalue weighted by molar-refractivity contribution is -0.147. The van der Waals surface area contributed by atoms with Crippen LogP contribution < -0.4 is 15.4 Å². The number of terminal acetylenes is 1. The highest BCUT2D eigenvalue weighted by Gasteiger charge is 2.42. The molecular weight excluding hydrogens is 482 g/mol. The number of anilines is 1. The van der Waals surface area contributed by atoms with E-state index in [1.54, 1.807) is 83.3 Å². The third kappa shape index (κ3) is 7.75. The van der Waals surface area contributed by atoms with E-state index in [0.29, 0.717) is 29.0 Å². The maximum atomic E-state index is 14.0. The van der Waals surface area contributed by atoms with Gasteiger partial charge in [0.2, 0.25) is 5.91 Å². The van der Waals surface area contributed by atoms with Crippen LogP contribution in [0.1, 0.15) is 72.1 Å². The van der Waals surface area contributed by atoms with E-state index in [-0.39, 0.29) is 0 Å². The molecule has 2 aromatic rings. The average Bonchev–Trinajstić information content (AvgIpc) is 2.85. The fourth-order valence-corrected chi connectivity index (χ4v) is 3.85. The summed E-state index contributed by atoms with van der Waals surface area (Å²) in [5.74, 6) is 2.38. The minimum atomic E-state index is -1.09. The molecule has 2 atom stereocenters. The van der Waals surface area contributed by atoms with Gasteiger partial charge in [-0.3, -0.25) is 9.59 Å². The van der Waals surface area contributed by atoms with Crippen molar-refractivity contribution >= 4 is 23.6 Å². The summed E-state index contributed by atoms with van der Waals surface area (Å²) in [7, 11) is 1.56. The lowest BCUT2D eigenvalue weighted by atomic mass is 9.90. The lowest BCUT2D eigenvalue weighted by Gasteiger charge is -2.44. The summed E-state index contributed by atoms with van der Waals surface area (Å²) in [6, 6.07) is 11.8. The molecular formula is C30H39N3O5. The van der Waals surface area contributed by atoms with E-state index in [0.717, 1.165) is 0 Å². The fourth-order valence-electron chi connectivity index (χ4n) is 3.85. The zero-order valence-electron chi connectivity index (χ0n) is 23.5. The monoisotopic (exact) mass is 521 g/mol. The van der Waals surface area contributed by atoms with Gasteiger partial charge in [0.1, 0.15) is 23.4 Å². The molecule has 2 N–H and O–H groups in total. The van der Waals surface area contributed by atoms with Crippen LogP contribution in [0.3, 0.4) is 0 Å². The second-order valence-corrected chi connectivity index (χ2v) is 10.6. The number of ether oxygens (including phenoxy) is 2. The van der Waals surface area contributed by atoms with Gasteiger partial charge in [0, 0.05) is 16.8 Å². The number of hydrogen-bond acceptors (Lipinski definition) is 5. The van der Waals surface area contributed by atoms with E-state index in [4.69, 9.17) is 15.9 Å². The fraction of sp³-hybridized carbons (Fsp3) is 0.433. The van der Waals surface area contributed by atoms with E-state index < -0.39 is 41.1 Å². The Morgan fingerprint density at radius 1 is 1.03 bits per heavy atom. The SMILES string of the molecule is C#Cc1ccccc1C(C(=O)Nc1ccc(OC)cc1)N(C(=O)C(C)NC(=O)OC(C)(C)C)C(C)(C)CC. The smallest absolute Gasteiger partial charge is 0.408 e. The molecule has 0 saturated carbocycles. The molecule has 0 radical (unpaired) electrons. The van der Waals surface area contributed by atoms with Crippen molar-refractivity contribution in [2.75, 3.05) is 12.4 Å². The molecule has 3 amide bonds. The van der Waals surface area contributed by atoms with E-state index >= 15 is 0 Å². The summed E-state index contributed by atoms with van der Waals surface area (Å²) in [6.07, 6.45) is 5.61. The van der Waals surface area contributed by atoms with E-state index in [1.807, 2.05) is 20.8 Å². The second-order valence-electron chi connectivity index (χ2n) is 10.6. The number of alkyl carbamates (subject to hydrolysis) is 1. The molecule has 0 aliphatic carbocycles. The summed E-state index contributed by atoms with van der Waals surface area (Å²) >= 11 is 0. The second kappa shape index (κ2) is 12.5. The van der Waals surface area contributed by atoms with Crippen LogP contribution in [0.5, 0.6) is 5.75 Å². The molecule has 2 rings (SSSR count). The molecule has 0 aliphatic heterocycles. The Morgan fingerprint density at radius 2 is 1.63 bits per heavy atom. The Hall–Kier alpha value is -3.99. The van der Waals surface area contributed by atoms with E-state index in [2.05, 4.69) is 16.6 Å².